The van der Waals surface area contributed by atoms with Crippen molar-refractivity contribution in [3.05, 3.63) is 21.9 Å². The normalized spacial score (nSPS) is 13.6. The Morgan fingerprint density at radius 2 is 2.05 bits per heavy atom. The third-order valence-corrected chi connectivity index (χ3v) is 3.72. The molecule has 0 aliphatic heterocycles. The molecular weight excluding hydrogens is 264 g/mol. The van der Waals surface area contributed by atoms with Gasteiger partial charge in [0.15, 0.2) is 0 Å². The van der Waals surface area contributed by atoms with Crippen LogP contribution in [0.2, 0.25) is 0 Å². The Labute approximate surface area is 117 Å². The van der Waals surface area contributed by atoms with Crippen molar-refractivity contribution in [2.75, 3.05) is 0 Å². The van der Waals surface area contributed by atoms with E-state index < -0.39 is 18.0 Å². The molecule has 0 saturated carbocycles. The summed E-state index contributed by atoms with van der Waals surface area (Å²) in [5.74, 6) is -1.01. The Morgan fingerprint density at radius 1 is 1.37 bits per heavy atom. The molecule has 0 radical (unpaired) electrons. The molecule has 0 bridgehead atoms. The van der Waals surface area contributed by atoms with Crippen LogP contribution in [0.5, 0.6) is 0 Å². The number of urea groups is 1. The summed E-state index contributed by atoms with van der Waals surface area (Å²) in [7, 11) is 0. The minimum Gasteiger partial charge on any atom is -0.480 e. The van der Waals surface area contributed by atoms with Gasteiger partial charge in [0.05, 0.1) is 0 Å². The lowest BCUT2D eigenvalue weighted by atomic mass is 10.2. The summed E-state index contributed by atoms with van der Waals surface area (Å²) in [6.45, 7) is 5.66. The summed E-state index contributed by atoms with van der Waals surface area (Å²) in [4.78, 5) is 24.9. The fourth-order valence-corrected chi connectivity index (χ4v) is 2.73. The van der Waals surface area contributed by atoms with Gasteiger partial charge in [0.1, 0.15) is 6.04 Å². The highest BCUT2D eigenvalue weighted by atomic mass is 32.1. The third-order valence-electron chi connectivity index (χ3n) is 2.69. The van der Waals surface area contributed by atoms with Crippen LogP contribution in [0.4, 0.5) is 4.79 Å². The molecule has 5 nitrogen and oxygen atoms in total. The molecule has 19 heavy (non-hydrogen) atoms. The topological polar surface area (TPSA) is 78.4 Å². The van der Waals surface area contributed by atoms with Crippen molar-refractivity contribution in [1.82, 2.24) is 10.6 Å². The number of nitrogens with one attached hydrogen (secondary N) is 2. The number of hydrogen-bond acceptors (Lipinski definition) is 3. The van der Waals surface area contributed by atoms with Gasteiger partial charge in [-0.2, -0.15) is 0 Å². The number of carbonyl (C=O) groups is 2. The Morgan fingerprint density at radius 3 is 2.53 bits per heavy atom. The molecule has 1 aromatic rings. The first-order chi connectivity index (χ1) is 8.92. The molecule has 1 rings (SSSR count). The monoisotopic (exact) mass is 284 g/mol. The van der Waals surface area contributed by atoms with Gasteiger partial charge >= 0.3 is 12.0 Å². The summed E-state index contributed by atoms with van der Waals surface area (Å²) in [6, 6.07) is 2.78. The molecule has 2 amide bonds. The summed E-state index contributed by atoms with van der Waals surface area (Å²) in [6.07, 6.45) is 1.11. The molecule has 1 heterocycles. The minimum atomic E-state index is -1.01. The number of aliphatic carboxylic acids is 1. The number of carboxylic acid groups (broad SMARTS) is 1. The van der Waals surface area contributed by atoms with Crippen LogP contribution in [0.3, 0.4) is 0 Å². The number of amides is 2. The smallest absolute Gasteiger partial charge is 0.326 e. The molecule has 106 valence electrons. The summed E-state index contributed by atoms with van der Waals surface area (Å²) < 4.78 is 0. The lowest BCUT2D eigenvalue weighted by Gasteiger charge is -2.17. The average Bonchev–Trinajstić information content (AvgIpc) is 2.70. The van der Waals surface area contributed by atoms with E-state index in [2.05, 4.69) is 10.6 Å². The number of thiophene rings is 1. The fourth-order valence-electron chi connectivity index (χ4n) is 1.71. The van der Waals surface area contributed by atoms with Crippen molar-refractivity contribution in [2.24, 2.45) is 0 Å². The van der Waals surface area contributed by atoms with Crippen molar-refractivity contribution >= 4 is 23.3 Å². The highest BCUT2D eigenvalue weighted by Gasteiger charge is 2.18. The van der Waals surface area contributed by atoms with E-state index in [0.717, 1.165) is 6.42 Å². The highest BCUT2D eigenvalue weighted by Crippen LogP contribution is 2.16. The van der Waals surface area contributed by atoms with Crippen LogP contribution in [-0.2, 0) is 11.2 Å². The van der Waals surface area contributed by atoms with E-state index >= 15 is 0 Å². The molecule has 0 aliphatic carbocycles. The van der Waals surface area contributed by atoms with Gasteiger partial charge in [0.2, 0.25) is 0 Å². The lowest BCUT2D eigenvalue weighted by Crippen LogP contribution is -2.48. The van der Waals surface area contributed by atoms with Crippen LogP contribution in [-0.4, -0.2) is 29.2 Å². The molecule has 0 aromatic carbocycles. The molecular formula is C13H20N2O3S. The van der Waals surface area contributed by atoms with Gasteiger partial charge in [-0.25, -0.2) is 9.59 Å². The van der Waals surface area contributed by atoms with Gasteiger partial charge in [-0.3, -0.25) is 0 Å². The van der Waals surface area contributed by atoms with E-state index in [4.69, 9.17) is 5.11 Å². The number of rotatable bonds is 6. The van der Waals surface area contributed by atoms with Crippen LogP contribution in [0.1, 0.15) is 30.0 Å². The molecule has 6 heteroatoms. The van der Waals surface area contributed by atoms with Crippen LogP contribution >= 0.6 is 11.3 Å². The SMILES string of the molecule is CC[C@@H](NC(=O)NC(C)Cc1ccc(C)s1)C(=O)O. The zero-order chi connectivity index (χ0) is 14.4. The molecule has 2 atom stereocenters. The number of aryl methyl sites for hydroxylation is 1. The molecule has 0 aliphatic rings. The van der Waals surface area contributed by atoms with Crippen molar-refractivity contribution < 1.29 is 14.7 Å². The van der Waals surface area contributed by atoms with Crippen molar-refractivity contribution in [3.63, 3.8) is 0 Å². The Bertz CT molecular complexity index is 445. The van der Waals surface area contributed by atoms with E-state index in [1.165, 1.54) is 9.75 Å². The Hall–Kier alpha value is -1.56. The third kappa shape index (κ3) is 5.30. The standard InChI is InChI=1S/C13H20N2O3S/c1-4-11(12(16)17)15-13(18)14-8(2)7-10-6-5-9(3)19-10/h5-6,8,11H,4,7H2,1-3H3,(H,16,17)(H2,14,15,18)/t8?,11-/m1/s1. The van der Waals surface area contributed by atoms with E-state index in [1.54, 1.807) is 18.3 Å². The maximum absolute atomic E-state index is 11.6. The first-order valence-electron chi connectivity index (χ1n) is 6.27. The molecule has 0 saturated heterocycles. The maximum Gasteiger partial charge on any atom is 0.326 e. The predicted molar refractivity (Wildman–Crippen MR) is 75.6 cm³/mol. The predicted octanol–water partition coefficient (Wildman–Crippen LogP) is 2.15. The second kappa shape index (κ2) is 7.13. The first kappa shape index (κ1) is 15.5. The summed E-state index contributed by atoms with van der Waals surface area (Å²) in [5.41, 5.74) is 0. The molecule has 0 spiro atoms. The van der Waals surface area contributed by atoms with Crippen molar-refractivity contribution in [1.29, 1.82) is 0 Å². The Balaban J connectivity index is 2.41. The fraction of sp³-hybridized carbons (Fsp3) is 0.538. The lowest BCUT2D eigenvalue weighted by molar-refractivity contribution is -0.139. The molecule has 1 unspecified atom stereocenters. The number of carbonyl (C=O) groups excluding carboxylic acids is 1. The second-order valence-corrected chi connectivity index (χ2v) is 5.91. The van der Waals surface area contributed by atoms with Gasteiger partial charge in [0, 0.05) is 22.2 Å². The van der Waals surface area contributed by atoms with Gasteiger partial charge in [0.25, 0.3) is 0 Å². The van der Waals surface area contributed by atoms with Crippen LogP contribution in [0, 0.1) is 6.92 Å². The van der Waals surface area contributed by atoms with E-state index in [9.17, 15) is 9.59 Å². The van der Waals surface area contributed by atoms with Crippen LogP contribution in [0.25, 0.3) is 0 Å². The van der Waals surface area contributed by atoms with Crippen molar-refractivity contribution in [3.8, 4) is 0 Å². The zero-order valence-corrected chi connectivity index (χ0v) is 12.2. The van der Waals surface area contributed by atoms with Gasteiger partial charge in [-0.15, -0.1) is 11.3 Å². The quantitative estimate of drug-likeness (QED) is 0.749. The highest BCUT2D eigenvalue weighted by molar-refractivity contribution is 7.11. The Kier molecular flexibility index (Phi) is 5.82. The maximum atomic E-state index is 11.6. The largest absolute Gasteiger partial charge is 0.480 e. The van der Waals surface area contributed by atoms with Crippen LogP contribution < -0.4 is 10.6 Å². The minimum absolute atomic E-state index is 0.0376. The average molecular weight is 284 g/mol. The number of carboxylic acids is 1. The van der Waals surface area contributed by atoms with Crippen LogP contribution in [0.15, 0.2) is 12.1 Å². The van der Waals surface area contributed by atoms with Gasteiger partial charge < -0.3 is 15.7 Å². The summed E-state index contributed by atoms with van der Waals surface area (Å²) in [5, 5.41) is 14.0. The molecule has 0 fully saturated rings. The van der Waals surface area contributed by atoms with Gasteiger partial charge in [-0.05, 0) is 32.4 Å². The number of hydrogen-bond donors (Lipinski definition) is 3. The second-order valence-electron chi connectivity index (χ2n) is 4.53. The van der Waals surface area contributed by atoms with E-state index in [0.29, 0.717) is 6.42 Å². The van der Waals surface area contributed by atoms with Gasteiger partial charge in [-0.1, -0.05) is 6.92 Å². The van der Waals surface area contributed by atoms with E-state index in [-0.39, 0.29) is 6.04 Å². The molecule has 3 N–H and O–H groups in total. The first-order valence-corrected chi connectivity index (χ1v) is 7.09. The zero-order valence-electron chi connectivity index (χ0n) is 11.4. The van der Waals surface area contributed by atoms with Crippen molar-refractivity contribution in [2.45, 2.75) is 45.7 Å². The van der Waals surface area contributed by atoms with E-state index in [1.807, 2.05) is 26.0 Å². The molecule has 1 aromatic heterocycles. The summed E-state index contributed by atoms with van der Waals surface area (Å²) >= 11 is 1.70.